The lowest BCUT2D eigenvalue weighted by molar-refractivity contribution is 0.0991. The second-order valence-electron chi connectivity index (χ2n) is 3.67. The molecule has 86 valence electrons. The van der Waals surface area contributed by atoms with Crippen molar-refractivity contribution in [2.45, 2.75) is 18.9 Å². The highest BCUT2D eigenvalue weighted by atomic mass is 32.2. The van der Waals surface area contributed by atoms with Crippen molar-refractivity contribution in [2.24, 2.45) is 5.73 Å². The average molecular weight is 238 g/mol. The highest BCUT2D eigenvalue weighted by Gasteiger charge is 2.18. The number of pyridine rings is 1. The van der Waals surface area contributed by atoms with Crippen LogP contribution in [0, 0.1) is 0 Å². The van der Waals surface area contributed by atoms with Crippen molar-refractivity contribution in [3.8, 4) is 5.75 Å². The van der Waals surface area contributed by atoms with E-state index in [4.69, 9.17) is 10.5 Å². The molecule has 1 aromatic rings. The number of carbonyl (C=O) groups is 1. The zero-order valence-corrected chi connectivity index (χ0v) is 9.70. The average Bonchev–Trinajstić information content (AvgIpc) is 2.31. The van der Waals surface area contributed by atoms with Crippen molar-refractivity contribution in [1.29, 1.82) is 0 Å². The highest BCUT2D eigenvalue weighted by Crippen LogP contribution is 2.24. The number of hydrogen-bond acceptors (Lipinski definition) is 4. The van der Waals surface area contributed by atoms with E-state index in [1.165, 1.54) is 6.20 Å². The molecule has 1 aromatic heterocycles. The lowest BCUT2D eigenvalue weighted by atomic mass is 10.2. The van der Waals surface area contributed by atoms with Crippen LogP contribution in [-0.2, 0) is 0 Å². The summed E-state index contributed by atoms with van der Waals surface area (Å²) < 4.78 is 5.79. The van der Waals surface area contributed by atoms with Crippen LogP contribution in [0.5, 0.6) is 5.75 Å². The summed E-state index contributed by atoms with van der Waals surface area (Å²) in [6.45, 7) is 0. The number of rotatable bonds is 3. The largest absolute Gasteiger partial charge is 0.489 e. The Hall–Kier alpha value is -1.23. The number of carbonyl (C=O) groups excluding carboxylic acids is 1. The van der Waals surface area contributed by atoms with Crippen LogP contribution in [-0.4, -0.2) is 28.5 Å². The van der Waals surface area contributed by atoms with Crippen LogP contribution >= 0.6 is 11.8 Å². The summed E-state index contributed by atoms with van der Waals surface area (Å²) in [5.41, 5.74) is 5.62. The molecule has 0 saturated carbocycles. The van der Waals surface area contributed by atoms with E-state index in [0.717, 1.165) is 24.3 Å². The minimum atomic E-state index is -0.492. The Balaban J connectivity index is 2.10. The Morgan fingerprint density at radius 2 is 2.25 bits per heavy atom. The van der Waals surface area contributed by atoms with E-state index >= 15 is 0 Å². The summed E-state index contributed by atoms with van der Waals surface area (Å²) in [5.74, 6) is 2.29. The van der Waals surface area contributed by atoms with Crippen LogP contribution in [0.15, 0.2) is 18.5 Å². The molecule has 0 bridgehead atoms. The monoisotopic (exact) mass is 238 g/mol. The SMILES string of the molecule is NC(=O)c1cnccc1OC1CCSCC1. The van der Waals surface area contributed by atoms with Gasteiger partial charge in [-0.2, -0.15) is 11.8 Å². The number of thioether (sulfide) groups is 1. The Kier molecular flexibility index (Phi) is 3.66. The predicted octanol–water partition coefficient (Wildman–Crippen LogP) is 1.45. The lowest BCUT2D eigenvalue weighted by Crippen LogP contribution is -2.24. The summed E-state index contributed by atoms with van der Waals surface area (Å²) in [7, 11) is 0. The number of primary amides is 1. The third-order valence-corrected chi connectivity index (χ3v) is 3.56. The zero-order valence-electron chi connectivity index (χ0n) is 8.89. The third kappa shape index (κ3) is 2.66. The van der Waals surface area contributed by atoms with E-state index in [9.17, 15) is 4.79 Å². The summed E-state index contributed by atoms with van der Waals surface area (Å²) in [5, 5.41) is 0. The number of nitrogens with two attached hydrogens (primary N) is 1. The van der Waals surface area contributed by atoms with Crippen LogP contribution in [0.4, 0.5) is 0 Å². The summed E-state index contributed by atoms with van der Waals surface area (Å²) in [4.78, 5) is 15.0. The maximum Gasteiger partial charge on any atom is 0.254 e. The first kappa shape index (κ1) is 11.3. The maximum absolute atomic E-state index is 11.2. The molecule has 1 fully saturated rings. The molecule has 16 heavy (non-hydrogen) atoms. The van der Waals surface area contributed by atoms with Crippen LogP contribution in [0.1, 0.15) is 23.2 Å². The minimum Gasteiger partial charge on any atom is -0.489 e. The summed E-state index contributed by atoms with van der Waals surface area (Å²) in [6, 6.07) is 1.70. The number of ether oxygens (including phenoxy) is 1. The van der Waals surface area contributed by atoms with Crippen LogP contribution in [0.25, 0.3) is 0 Å². The number of hydrogen-bond donors (Lipinski definition) is 1. The fraction of sp³-hybridized carbons (Fsp3) is 0.455. The smallest absolute Gasteiger partial charge is 0.254 e. The molecule has 1 amide bonds. The molecule has 1 aliphatic rings. The van der Waals surface area contributed by atoms with Crippen LogP contribution < -0.4 is 10.5 Å². The third-order valence-electron chi connectivity index (χ3n) is 2.51. The molecule has 0 atom stereocenters. The van der Waals surface area contributed by atoms with Gasteiger partial charge < -0.3 is 10.5 Å². The van der Waals surface area contributed by atoms with Crippen molar-refractivity contribution >= 4 is 17.7 Å². The van der Waals surface area contributed by atoms with Crippen molar-refractivity contribution in [3.63, 3.8) is 0 Å². The first-order valence-electron chi connectivity index (χ1n) is 5.25. The van der Waals surface area contributed by atoms with E-state index in [0.29, 0.717) is 11.3 Å². The van der Waals surface area contributed by atoms with Gasteiger partial charge in [-0.15, -0.1) is 0 Å². The molecule has 2 N–H and O–H groups in total. The van der Waals surface area contributed by atoms with Gasteiger partial charge in [0.25, 0.3) is 5.91 Å². The second kappa shape index (κ2) is 5.21. The number of aromatic nitrogens is 1. The van der Waals surface area contributed by atoms with Gasteiger partial charge in [0.1, 0.15) is 11.9 Å². The lowest BCUT2D eigenvalue weighted by Gasteiger charge is -2.23. The highest BCUT2D eigenvalue weighted by molar-refractivity contribution is 7.99. The molecule has 0 aliphatic carbocycles. The number of nitrogens with zero attached hydrogens (tertiary/aromatic N) is 1. The fourth-order valence-electron chi connectivity index (χ4n) is 1.64. The molecular formula is C11H14N2O2S. The molecule has 1 aliphatic heterocycles. The van der Waals surface area contributed by atoms with Gasteiger partial charge >= 0.3 is 0 Å². The molecular weight excluding hydrogens is 224 g/mol. The quantitative estimate of drug-likeness (QED) is 0.865. The van der Waals surface area contributed by atoms with Crippen LogP contribution in [0.2, 0.25) is 0 Å². The van der Waals surface area contributed by atoms with E-state index in [1.807, 2.05) is 11.8 Å². The molecule has 2 rings (SSSR count). The Bertz CT molecular complexity index is 378. The van der Waals surface area contributed by atoms with E-state index < -0.39 is 5.91 Å². The molecule has 1 saturated heterocycles. The maximum atomic E-state index is 11.2. The Morgan fingerprint density at radius 1 is 1.50 bits per heavy atom. The molecule has 0 unspecified atom stereocenters. The summed E-state index contributed by atoms with van der Waals surface area (Å²) >= 11 is 1.94. The van der Waals surface area contributed by atoms with Gasteiger partial charge in [0.05, 0.1) is 5.56 Å². The molecule has 5 heteroatoms. The fourth-order valence-corrected chi connectivity index (χ4v) is 2.71. The topological polar surface area (TPSA) is 65.2 Å². The van der Waals surface area contributed by atoms with Crippen molar-refractivity contribution in [3.05, 3.63) is 24.0 Å². The van der Waals surface area contributed by atoms with Gasteiger partial charge in [0.15, 0.2) is 0 Å². The van der Waals surface area contributed by atoms with Gasteiger partial charge in [-0.25, -0.2) is 0 Å². The van der Waals surface area contributed by atoms with Crippen molar-refractivity contribution in [1.82, 2.24) is 4.98 Å². The normalized spacial score (nSPS) is 17.0. The number of amides is 1. The van der Waals surface area contributed by atoms with Crippen molar-refractivity contribution < 1.29 is 9.53 Å². The molecule has 2 heterocycles. The van der Waals surface area contributed by atoms with E-state index in [-0.39, 0.29) is 6.10 Å². The van der Waals surface area contributed by atoms with Gasteiger partial charge in [-0.05, 0) is 30.4 Å². The molecule has 4 nitrogen and oxygen atoms in total. The van der Waals surface area contributed by atoms with E-state index in [1.54, 1.807) is 12.3 Å². The first-order chi connectivity index (χ1) is 7.77. The first-order valence-corrected chi connectivity index (χ1v) is 6.41. The minimum absolute atomic E-state index is 0.196. The molecule has 0 aromatic carbocycles. The molecule has 0 radical (unpaired) electrons. The Morgan fingerprint density at radius 3 is 2.94 bits per heavy atom. The van der Waals surface area contributed by atoms with Gasteiger partial charge in [0, 0.05) is 12.4 Å². The molecule has 0 spiro atoms. The van der Waals surface area contributed by atoms with Crippen molar-refractivity contribution in [2.75, 3.05) is 11.5 Å². The van der Waals surface area contributed by atoms with Gasteiger partial charge in [-0.3, -0.25) is 9.78 Å². The summed E-state index contributed by atoms with van der Waals surface area (Å²) in [6.07, 6.45) is 5.30. The van der Waals surface area contributed by atoms with Gasteiger partial charge in [0.2, 0.25) is 0 Å². The predicted molar refractivity (Wildman–Crippen MR) is 63.7 cm³/mol. The van der Waals surface area contributed by atoms with Gasteiger partial charge in [-0.1, -0.05) is 0 Å². The Labute approximate surface area is 98.6 Å². The van der Waals surface area contributed by atoms with E-state index in [2.05, 4.69) is 4.98 Å². The standard InChI is InChI=1S/C11H14N2O2S/c12-11(14)9-7-13-4-1-10(9)15-8-2-5-16-6-3-8/h1,4,7-8H,2-3,5-6H2,(H2,12,14). The zero-order chi connectivity index (χ0) is 11.4. The second-order valence-corrected chi connectivity index (χ2v) is 4.89. The van der Waals surface area contributed by atoms with Crippen LogP contribution in [0.3, 0.4) is 0 Å².